The summed E-state index contributed by atoms with van der Waals surface area (Å²) >= 11 is 0. The topological polar surface area (TPSA) is 13.1 Å². The minimum Gasteiger partial charge on any atom is -0.471 e. The Morgan fingerprint density at radius 1 is 1.00 bits per heavy atom. The maximum Gasteiger partial charge on any atom is 0.106 e. The molecular formula is C14H28O. The summed E-state index contributed by atoms with van der Waals surface area (Å²) in [7, 11) is 0. The highest BCUT2D eigenvalue weighted by Gasteiger charge is 1.82. The highest BCUT2D eigenvalue weighted by atomic mass is 16.3. The predicted octanol–water partition coefficient (Wildman–Crippen LogP) is 4.23. The zero-order chi connectivity index (χ0) is 10.8. The molecule has 0 saturated carbocycles. The Hall–Kier alpha value is -2.92. The fourth-order valence-corrected chi connectivity index (χ4v) is 0.631. The molecule has 1 rings (SSSR count). The molecule has 1 aromatic rings. The van der Waals surface area contributed by atoms with Gasteiger partial charge in [-0.25, -0.2) is 0 Å². The molecule has 0 radical (unpaired) electrons. The van der Waals surface area contributed by atoms with Crippen molar-refractivity contribution in [2.75, 3.05) is 0 Å². The summed E-state index contributed by atoms with van der Waals surface area (Å²) < 4.78 is 4.82. The van der Waals surface area contributed by atoms with E-state index in [9.17, 15) is 0 Å². The van der Waals surface area contributed by atoms with Crippen LogP contribution in [0.3, 0.4) is 0 Å². The van der Waals surface area contributed by atoms with Gasteiger partial charge in [-0.1, -0.05) is 0 Å². The van der Waals surface area contributed by atoms with Crippen LogP contribution in [0.15, 0.2) is 23.0 Å². The maximum atomic E-state index is 4.89. The van der Waals surface area contributed by atoms with E-state index in [1.54, 1.807) is 18.6 Å². The van der Waals surface area contributed by atoms with Crippen molar-refractivity contribution in [2.24, 2.45) is 0 Å². The van der Waals surface area contributed by atoms with Crippen LogP contribution in [0, 0.1) is 59.7 Å². The molecule has 0 unspecified atom stereocenters. The normalized spacial score (nSPS) is 5.80. The first-order valence-corrected chi connectivity index (χ1v) is 3.92. The molecule has 15 heavy (non-hydrogen) atoms. The summed E-state index contributed by atoms with van der Waals surface area (Å²) in [5.41, 5.74) is 0.782. The van der Waals surface area contributed by atoms with Crippen molar-refractivity contribution in [3.8, 4) is 59.7 Å². The van der Waals surface area contributed by atoms with Crippen LogP contribution < -0.4 is 0 Å². The smallest absolute Gasteiger partial charge is 0.106 e. The van der Waals surface area contributed by atoms with Crippen molar-refractivity contribution >= 4 is 0 Å². The highest BCUT2D eigenvalue weighted by Crippen LogP contribution is 1.95. The first-order valence-electron chi connectivity index (χ1n) is 3.92. The summed E-state index contributed by atoms with van der Waals surface area (Å²) in [6.07, 6.45) is 7.98. The molecule has 0 N–H and O–H groups in total. The summed E-state index contributed by atoms with van der Waals surface area (Å²) in [4.78, 5) is 0. The van der Waals surface area contributed by atoms with Crippen LogP contribution in [0.25, 0.3) is 0 Å². The van der Waals surface area contributed by atoms with Crippen LogP contribution >= 0.6 is 0 Å². The van der Waals surface area contributed by atoms with Gasteiger partial charge in [0.05, 0.1) is 11.8 Å². The van der Waals surface area contributed by atoms with Gasteiger partial charge in [-0.2, -0.15) is 0 Å². The van der Waals surface area contributed by atoms with Crippen LogP contribution in [-0.2, 0) is 0 Å². The molecule has 0 aliphatic heterocycles. The van der Waals surface area contributed by atoms with Crippen molar-refractivity contribution in [3.05, 3.63) is 24.2 Å². The molecule has 0 saturated heterocycles. The second kappa shape index (κ2) is 6.58. The average Bonchev–Trinajstić information content (AvgIpc) is 2.75. The van der Waals surface area contributed by atoms with Crippen LogP contribution in [0.4, 0.5) is 0 Å². The van der Waals surface area contributed by atoms with E-state index in [0.29, 0.717) is 0 Å². The lowest BCUT2D eigenvalue weighted by atomic mass is 10.3. The Kier molecular flexibility index (Phi) is 4.46. The molecule has 0 fully saturated rings. The molecule has 0 aliphatic carbocycles. The lowest BCUT2D eigenvalue weighted by molar-refractivity contribution is 0.566. The van der Waals surface area contributed by atoms with Crippen molar-refractivity contribution in [1.29, 1.82) is 0 Å². The quantitative estimate of drug-likeness (QED) is 0.587. The second-order valence-electron chi connectivity index (χ2n) is 2.16. The van der Waals surface area contributed by atoms with Gasteiger partial charge in [-0.15, -0.1) is 6.42 Å². The lowest BCUT2D eigenvalue weighted by Crippen LogP contribution is -1.61. The van der Waals surface area contributed by atoms with E-state index in [4.69, 9.17) is 10.8 Å². The Balaban J connectivity index is -0.0000000187. The fourth-order valence-electron chi connectivity index (χ4n) is 0.631. The van der Waals surface area contributed by atoms with Gasteiger partial charge in [-0.05, 0) is 59.4 Å². The molecule has 0 aromatic carbocycles. The van der Waals surface area contributed by atoms with Gasteiger partial charge in [0.1, 0.15) is 6.26 Å². The van der Waals surface area contributed by atoms with Gasteiger partial charge in [0.2, 0.25) is 0 Å². The SMILES string of the molecule is C#CC#CC#CC#CC#Cc1ccoc1.[HH].[HH].[HH].[HH].[HH].[HH].[HH].[HH].[HH].[HH].[HH].[HH]. The molecule has 1 heterocycles. The number of rotatable bonds is 0. The molecular weight excluding hydrogens is 184 g/mol. The minimum atomic E-state index is 0. The molecule has 0 atom stereocenters. The van der Waals surface area contributed by atoms with E-state index in [1.165, 1.54) is 0 Å². The number of hydrogen-bond acceptors (Lipinski definition) is 1. The molecule has 0 aliphatic rings. The fraction of sp³-hybridized carbons (Fsp3) is 0. The molecule has 0 bridgehead atoms. The zero-order valence-electron chi connectivity index (χ0n) is 7.72. The van der Waals surface area contributed by atoms with Gasteiger partial charge < -0.3 is 4.42 Å². The van der Waals surface area contributed by atoms with Crippen LogP contribution in [0.2, 0.25) is 0 Å². The third-order valence-electron chi connectivity index (χ3n) is 1.18. The van der Waals surface area contributed by atoms with Crippen molar-refractivity contribution in [3.63, 3.8) is 0 Å². The highest BCUT2D eigenvalue weighted by molar-refractivity contribution is 5.44. The van der Waals surface area contributed by atoms with Crippen LogP contribution in [0.1, 0.15) is 22.7 Å². The van der Waals surface area contributed by atoms with E-state index in [-0.39, 0.29) is 17.1 Å². The molecule has 0 spiro atoms. The Bertz CT molecular complexity index is 621. The van der Waals surface area contributed by atoms with E-state index < -0.39 is 0 Å². The zero-order valence-corrected chi connectivity index (χ0v) is 7.72. The number of furan rings is 1. The predicted molar refractivity (Wildman–Crippen MR) is 83.1 cm³/mol. The summed E-state index contributed by atoms with van der Waals surface area (Å²) in [5, 5.41) is 0. The molecule has 1 heteroatoms. The second-order valence-corrected chi connectivity index (χ2v) is 2.16. The van der Waals surface area contributed by atoms with Crippen LogP contribution in [-0.4, -0.2) is 0 Å². The van der Waals surface area contributed by atoms with Gasteiger partial charge in [0.15, 0.2) is 0 Å². The third kappa shape index (κ3) is 4.61. The Labute approximate surface area is 107 Å². The number of terminal acetylenes is 1. The first kappa shape index (κ1) is 10.2. The number of hydrogen-bond donors (Lipinski definition) is 0. The largest absolute Gasteiger partial charge is 0.471 e. The van der Waals surface area contributed by atoms with E-state index in [1.807, 2.05) is 0 Å². The summed E-state index contributed by atoms with van der Waals surface area (Å²) in [6, 6.07) is 1.75. The monoisotopic (exact) mass is 212 g/mol. The molecule has 1 aromatic heterocycles. The van der Waals surface area contributed by atoms with Gasteiger partial charge >= 0.3 is 0 Å². The molecule has 1 nitrogen and oxygen atoms in total. The van der Waals surface area contributed by atoms with Crippen LogP contribution in [0.5, 0.6) is 0 Å². The third-order valence-corrected chi connectivity index (χ3v) is 1.18. The van der Waals surface area contributed by atoms with Crippen molar-refractivity contribution in [1.82, 2.24) is 0 Å². The lowest BCUT2D eigenvalue weighted by Gasteiger charge is -1.67. The first-order chi connectivity index (χ1) is 7.43. The van der Waals surface area contributed by atoms with Gasteiger partial charge in [0.25, 0.3) is 0 Å². The standard InChI is InChI=1S/C14H4O.12H2/c1-2-3-4-5-6-7-8-9-10-14-11-12-15-13-14;;;;;;;;;;;;/h1,11-13H;12*1H. The van der Waals surface area contributed by atoms with Gasteiger partial charge in [0, 0.05) is 17.1 Å². The Morgan fingerprint density at radius 3 is 2.27 bits per heavy atom. The van der Waals surface area contributed by atoms with Crippen molar-refractivity contribution < 1.29 is 21.5 Å². The van der Waals surface area contributed by atoms with E-state index in [0.717, 1.165) is 5.56 Å². The van der Waals surface area contributed by atoms with E-state index >= 15 is 0 Å². The summed E-state index contributed by atoms with van der Waals surface area (Å²) in [5.74, 6) is 22.3. The molecule has 0 amide bonds. The Morgan fingerprint density at radius 2 is 1.67 bits per heavy atom. The maximum absolute atomic E-state index is 4.89. The average molecular weight is 212 g/mol. The summed E-state index contributed by atoms with van der Waals surface area (Å²) in [6.45, 7) is 0. The minimum absolute atomic E-state index is 0. The van der Waals surface area contributed by atoms with Gasteiger partial charge in [-0.3, -0.25) is 0 Å². The van der Waals surface area contributed by atoms with Crippen molar-refractivity contribution in [2.45, 2.75) is 0 Å². The van der Waals surface area contributed by atoms with E-state index in [2.05, 4.69) is 53.3 Å². The molecule has 90 valence electrons.